The first-order chi connectivity index (χ1) is 7.74. The van der Waals surface area contributed by atoms with Crippen LogP contribution in [0.3, 0.4) is 0 Å². The van der Waals surface area contributed by atoms with Crippen LogP contribution in [0, 0.1) is 0 Å². The minimum atomic E-state index is -0.593. The van der Waals surface area contributed by atoms with E-state index in [0.717, 1.165) is 5.56 Å². The van der Waals surface area contributed by atoms with Gasteiger partial charge in [0.05, 0.1) is 13.2 Å². The van der Waals surface area contributed by atoms with Crippen molar-refractivity contribution in [2.75, 3.05) is 13.2 Å². The fourth-order valence-corrected chi connectivity index (χ4v) is 1.16. The number of hydrogen-bond acceptors (Lipinski definition) is 4. The average molecular weight is 222 g/mol. The maximum Gasteiger partial charge on any atom is 0.224 e. The Labute approximate surface area is 93.9 Å². The molecule has 4 nitrogen and oxygen atoms in total. The number of ketones is 2. The molecule has 1 N–H and O–H groups in total. The Bertz CT molecular complexity index is 345. The lowest BCUT2D eigenvalue weighted by Crippen LogP contribution is -2.20. The summed E-state index contributed by atoms with van der Waals surface area (Å²) in [4.78, 5) is 22.1. The maximum absolute atomic E-state index is 11.1. The summed E-state index contributed by atoms with van der Waals surface area (Å²) in [5.74, 6) is -1.18. The van der Waals surface area contributed by atoms with Crippen molar-refractivity contribution in [2.24, 2.45) is 0 Å². The molecule has 1 aromatic rings. The van der Waals surface area contributed by atoms with Crippen LogP contribution < -0.4 is 0 Å². The molecule has 0 atom stereocenters. The number of rotatable bonds is 7. The molecule has 0 spiro atoms. The quantitative estimate of drug-likeness (QED) is 0.690. The second-order valence-corrected chi connectivity index (χ2v) is 3.30. The van der Waals surface area contributed by atoms with Gasteiger partial charge in [0.15, 0.2) is 0 Å². The van der Waals surface area contributed by atoms with E-state index >= 15 is 0 Å². The predicted molar refractivity (Wildman–Crippen MR) is 57.8 cm³/mol. The summed E-state index contributed by atoms with van der Waals surface area (Å²) >= 11 is 0. The Kier molecular flexibility index (Phi) is 5.39. The second-order valence-electron chi connectivity index (χ2n) is 3.30. The molecule has 16 heavy (non-hydrogen) atoms. The highest BCUT2D eigenvalue weighted by molar-refractivity contribution is 6.37. The summed E-state index contributed by atoms with van der Waals surface area (Å²) in [6, 6.07) is 9.38. The Morgan fingerprint density at radius 3 is 2.44 bits per heavy atom. The third-order valence-corrected chi connectivity index (χ3v) is 1.99. The van der Waals surface area contributed by atoms with E-state index in [4.69, 9.17) is 9.84 Å². The first-order valence-electron chi connectivity index (χ1n) is 5.02. The molecule has 0 bridgehead atoms. The van der Waals surface area contributed by atoms with E-state index in [1.807, 2.05) is 30.3 Å². The van der Waals surface area contributed by atoms with Gasteiger partial charge in [-0.2, -0.15) is 0 Å². The van der Waals surface area contributed by atoms with Crippen LogP contribution in [-0.4, -0.2) is 29.9 Å². The third kappa shape index (κ3) is 4.33. The monoisotopic (exact) mass is 222 g/mol. The van der Waals surface area contributed by atoms with Crippen molar-refractivity contribution in [1.29, 1.82) is 0 Å². The maximum atomic E-state index is 11.1. The lowest BCUT2D eigenvalue weighted by atomic mass is 10.2. The zero-order chi connectivity index (χ0) is 11.8. The lowest BCUT2D eigenvalue weighted by Gasteiger charge is -2.02. The van der Waals surface area contributed by atoms with Gasteiger partial charge in [0.2, 0.25) is 11.6 Å². The summed E-state index contributed by atoms with van der Waals surface area (Å²) in [6.07, 6.45) is -0.131. The minimum absolute atomic E-state index is 0.131. The summed E-state index contributed by atoms with van der Waals surface area (Å²) in [5, 5.41) is 8.48. The molecule has 0 unspecified atom stereocenters. The number of Topliss-reactive ketones (excluding diaryl/α,β-unsaturated/α-hetero) is 2. The molecule has 0 aliphatic heterocycles. The molecular formula is C12H14O4. The molecule has 1 rings (SSSR count). The van der Waals surface area contributed by atoms with E-state index in [0.29, 0.717) is 6.61 Å². The molecule has 1 aromatic carbocycles. The molecule has 0 aliphatic rings. The normalized spacial score (nSPS) is 10.1. The lowest BCUT2D eigenvalue weighted by molar-refractivity contribution is -0.139. The van der Waals surface area contributed by atoms with Gasteiger partial charge in [-0.25, -0.2) is 0 Å². The Morgan fingerprint density at radius 2 is 1.81 bits per heavy atom. The highest BCUT2D eigenvalue weighted by Crippen LogP contribution is 2.00. The van der Waals surface area contributed by atoms with Crippen molar-refractivity contribution < 1.29 is 19.4 Å². The van der Waals surface area contributed by atoms with Crippen LogP contribution in [0.5, 0.6) is 0 Å². The van der Waals surface area contributed by atoms with Gasteiger partial charge >= 0.3 is 0 Å². The molecule has 86 valence electrons. The molecule has 0 radical (unpaired) electrons. The van der Waals surface area contributed by atoms with Gasteiger partial charge in [-0.05, 0) is 5.56 Å². The third-order valence-electron chi connectivity index (χ3n) is 1.99. The van der Waals surface area contributed by atoms with E-state index in [1.54, 1.807) is 0 Å². The highest BCUT2D eigenvalue weighted by atomic mass is 16.5. The molecule has 0 fully saturated rings. The zero-order valence-electron chi connectivity index (χ0n) is 8.89. The smallest absolute Gasteiger partial charge is 0.224 e. The van der Waals surface area contributed by atoms with Gasteiger partial charge in [0, 0.05) is 6.42 Å². The summed E-state index contributed by atoms with van der Waals surface area (Å²) in [5.41, 5.74) is 0.949. The summed E-state index contributed by atoms with van der Waals surface area (Å²) < 4.78 is 5.10. The van der Waals surface area contributed by atoms with Crippen molar-refractivity contribution >= 4 is 11.6 Å². The topological polar surface area (TPSA) is 63.6 Å². The van der Waals surface area contributed by atoms with Crippen LogP contribution >= 0.6 is 0 Å². The van der Waals surface area contributed by atoms with E-state index in [1.165, 1.54) is 0 Å². The van der Waals surface area contributed by atoms with Crippen LogP contribution in [0.4, 0.5) is 0 Å². The Morgan fingerprint density at radius 1 is 1.12 bits per heavy atom. The number of aliphatic hydroxyl groups excluding tert-OH is 1. The van der Waals surface area contributed by atoms with Crippen LogP contribution in [0.1, 0.15) is 12.0 Å². The van der Waals surface area contributed by atoms with Crippen LogP contribution in [0.25, 0.3) is 0 Å². The van der Waals surface area contributed by atoms with Crippen LogP contribution in [0.15, 0.2) is 30.3 Å². The second kappa shape index (κ2) is 6.87. The van der Waals surface area contributed by atoms with Crippen molar-refractivity contribution in [3.63, 3.8) is 0 Å². The predicted octanol–water partition coefficient (Wildman–Crippen LogP) is 0.724. The first kappa shape index (κ1) is 12.5. The Hall–Kier alpha value is -1.52. The Balaban J connectivity index is 2.26. The molecular weight excluding hydrogens is 208 g/mol. The van der Waals surface area contributed by atoms with Gasteiger partial charge in [-0.1, -0.05) is 30.3 Å². The van der Waals surface area contributed by atoms with Gasteiger partial charge in [0.1, 0.15) is 6.61 Å². The van der Waals surface area contributed by atoms with Crippen molar-refractivity contribution in [2.45, 2.75) is 13.0 Å². The number of ether oxygens (including phenoxy) is 1. The largest absolute Gasteiger partial charge is 0.396 e. The molecule has 0 aliphatic carbocycles. The van der Waals surface area contributed by atoms with Gasteiger partial charge in [-0.15, -0.1) is 0 Å². The highest BCUT2D eigenvalue weighted by Gasteiger charge is 2.12. The number of benzene rings is 1. The SMILES string of the molecule is O=C(CCO)C(=O)COCc1ccccc1. The zero-order valence-corrected chi connectivity index (χ0v) is 8.89. The summed E-state index contributed by atoms with van der Waals surface area (Å²) in [6.45, 7) is -0.226. The van der Waals surface area contributed by atoms with E-state index < -0.39 is 11.6 Å². The van der Waals surface area contributed by atoms with E-state index in [2.05, 4.69) is 0 Å². The fourth-order valence-electron chi connectivity index (χ4n) is 1.16. The first-order valence-corrected chi connectivity index (χ1v) is 5.02. The van der Waals surface area contributed by atoms with Crippen molar-refractivity contribution in [3.05, 3.63) is 35.9 Å². The molecule has 4 heteroatoms. The minimum Gasteiger partial charge on any atom is -0.396 e. The molecule has 0 aromatic heterocycles. The van der Waals surface area contributed by atoms with Gasteiger partial charge in [-0.3, -0.25) is 9.59 Å². The molecule has 0 saturated carbocycles. The van der Waals surface area contributed by atoms with Crippen molar-refractivity contribution in [1.82, 2.24) is 0 Å². The number of aliphatic hydroxyl groups is 1. The van der Waals surface area contributed by atoms with E-state index in [9.17, 15) is 9.59 Å². The average Bonchev–Trinajstić information content (AvgIpc) is 2.30. The fraction of sp³-hybridized carbons (Fsp3) is 0.333. The van der Waals surface area contributed by atoms with Gasteiger partial charge in [0.25, 0.3) is 0 Å². The molecule has 0 saturated heterocycles. The summed E-state index contributed by atoms with van der Waals surface area (Å²) in [7, 11) is 0. The van der Waals surface area contributed by atoms with E-state index in [-0.39, 0.29) is 19.6 Å². The number of carbonyl (C=O) groups excluding carboxylic acids is 2. The molecule has 0 amide bonds. The number of carbonyl (C=O) groups is 2. The van der Waals surface area contributed by atoms with Gasteiger partial charge < -0.3 is 9.84 Å². The number of hydrogen-bond donors (Lipinski definition) is 1. The van der Waals surface area contributed by atoms with Crippen LogP contribution in [0.2, 0.25) is 0 Å². The standard InChI is InChI=1S/C12H14O4/c13-7-6-11(14)12(15)9-16-8-10-4-2-1-3-5-10/h1-5,13H,6-9H2. The molecule has 0 heterocycles. The van der Waals surface area contributed by atoms with Crippen molar-refractivity contribution in [3.8, 4) is 0 Å². The van der Waals surface area contributed by atoms with Crippen LogP contribution in [-0.2, 0) is 20.9 Å².